The molecule has 0 aromatic heterocycles. The summed E-state index contributed by atoms with van der Waals surface area (Å²) in [4.78, 5) is 0. The Morgan fingerprint density at radius 1 is 1.41 bits per heavy atom. The van der Waals surface area contributed by atoms with E-state index in [9.17, 15) is 0 Å². The van der Waals surface area contributed by atoms with Crippen LogP contribution in [0.4, 0.5) is 0 Å². The van der Waals surface area contributed by atoms with Gasteiger partial charge >= 0.3 is 0 Å². The molecule has 1 fully saturated rings. The SMILES string of the molecule is N#CC=CC1NCCOC1Cc1ccccc1. The monoisotopic (exact) mass is 228 g/mol. The molecule has 88 valence electrons. The Labute approximate surface area is 102 Å². The lowest BCUT2D eigenvalue weighted by atomic mass is 10.0. The third-order valence-corrected chi connectivity index (χ3v) is 2.87. The maximum atomic E-state index is 8.57. The van der Waals surface area contributed by atoms with Crippen LogP contribution in [0.2, 0.25) is 0 Å². The van der Waals surface area contributed by atoms with Gasteiger partial charge in [0.2, 0.25) is 0 Å². The Bertz CT molecular complexity index is 408. The molecule has 3 heteroatoms. The fourth-order valence-corrected chi connectivity index (χ4v) is 2.04. The third-order valence-electron chi connectivity index (χ3n) is 2.87. The van der Waals surface area contributed by atoms with Crippen molar-refractivity contribution in [3.63, 3.8) is 0 Å². The van der Waals surface area contributed by atoms with Crippen molar-refractivity contribution in [1.29, 1.82) is 5.26 Å². The van der Waals surface area contributed by atoms with E-state index in [1.54, 1.807) is 0 Å². The number of hydrogen-bond donors (Lipinski definition) is 1. The van der Waals surface area contributed by atoms with Gasteiger partial charge in [0, 0.05) is 19.0 Å². The van der Waals surface area contributed by atoms with Crippen LogP contribution >= 0.6 is 0 Å². The van der Waals surface area contributed by atoms with E-state index in [1.807, 2.05) is 30.3 Å². The highest BCUT2D eigenvalue weighted by Gasteiger charge is 2.23. The number of nitriles is 1. The van der Waals surface area contributed by atoms with Crippen LogP contribution in [0.25, 0.3) is 0 Å². The van der Waals surface area contributed by atoms with Crippen LogP contribution < -0.4 is 5.32 Å². The number of nitrogens with zero attached hydrogens (tertiary/aromatic N) is 1. The lowest BCUT2D eigenvalue weighted by Gasteiger charge is -2.31. The van der Waals surface area contributed by atoms with E-state index in [1.165, 1.54) is 11.6 Å². The zero-order valence-electron chi connectivity index (χ0n) is 9.67. The van der Waals surface area contributed by atoms with Crippen LogP contribution in [0.1, 0.15) is 5.56 Å². The average Bonchev–Trinajstić information content (AvgIpc) is 2.39. The third kappa shape index (κ3) is 3.42. The molecule has 2 atom stereocenters. The zero-order chi connectivity index (χ0) is 11.9. The number of benzene rings is 1. The van der Waals surface area contributed by atoms with E-state index in [0.29, 0.717) is 0 Å². The number of rotatable bonds is 3. The number of ether oxygens (including phenoxy) is 1. The molecule has 2 unspecified atom stereocenters. The summed E-state index contributed by atoms with van der Waals surface area (Å²) in [5.74, 6) is 0. The minimum absolute atomic E-state index is 0.107. The minimum Gasteiger partial charge on any atom is -0.375 e. The Kier molecular flexibility index (Phi) is 4.31. The van der Waals surface area contributed by atoms with E-state index in [0.717, 1.165) is 19.6 Å². The first kappa shape index (κ1) is 11.8. The molecule has 17 heavy (non-hydrogen) atoms. The summed E-state index contributed by atoms with van der Waals surface area (Å²) < 4.78 is 5.77. The highest BCUT2D eigenvalue weighted by molar-refractivity contribution is 5.18. The van der Waals surface area contributed by atoms with Gasteiger partial charge in [-0.25, -0.2) is 0 Å². The van der Waals surface area contributed by atoms with Crippen LogP contribution in [0.3, 0.4) is 0 Å². The fourth-order valence-electron chi connectivity index (χ4n) is 2.04. The summed E-state index contributed by atoms with van der Waals surface area (Å²) in [5.41, 5.74) is 1.26. The Hall–Kier alpha value is -1.63. The van der Waals surface area contributed by atoms with Gasteiger partial charge in [-0.3, -0.25) is 0 Å². The molecule has 1 aromatic rings. The van der Waals surface area contributed by atoms with Crippen LogP contribution in [-0.2, 0) is 11.2 Å². The maximum Gasteiger partial charge on any atom is 0.0909 e. The highest BCUT2D eigenvalue weighted by Crippen LogP contribution is 2.13. The number of morpholine rings is 1. The quantitative estimate of drug-likeness (QED) is 0.800. The molecule has 1 saturated heterocycles. The van der Waals surface area contributed by atoms with Crippen molar-refractivity contribution in [1.82, 2.24) is 5.32 Å². The first-order valence-electron chi connectivity index (χ1n) is 5.85. The molecule has 0 bridgehead atoms. The first-order chi connectivity index (χ1) is 8.40. The van der Waals surface area contributed by atoms with Gasteiger partial charge in [-0.15, -0.1) is 0 Å². The van der Waals surface area contributed by atoms with Crippen molar-refractivity contribution in [2.75, 3.05) is 13.2 Å². The first-order valence-corrected chi connectivity index (χ1v) is 5.85. The minimum atomic E-state index is 0.107. The Morgan fingerprint density at radius 2 is 2.24 bits per heavy atom. The van der Waals surface area contributed by atoms with Gasteiger partial charge in [0.1, 0.15) is 0 Å². The topological polar surface area (TPSA) is 45.0 Å². The van der Waals surface area contributed by atoms with Crippen molar-refractivity contribution < 1.29 is 4.74 Å². The highest BCUT2D eigenvalue weighted by atomic mass is 16.5. The van der Waals surface area contributed by atoms with Gasteiger partial charge in [-0.2, -0.15) is 5.26 Å². The Morgan fingerprint density at radius 3 is 3.00 bits per heavy atom. The molecule has 1 aliphatic heterocycles. The van der Waals surface area contributed by atoms with Crippen molar-refractivity contribution in [3.05, 3.63) is 48.0 Å². The van der Waals surface area contributed by atoms with Crippen LogP contribution in [0.5, 0.6) is 0 Å². The molecule has 0 spiro atoms. The number of allylic oxidation sites excluding steroid dienone is 1. The molecule has 0 radical (unpaired) electrons. The summed E-state index contributed by atoms with van der Waals surface area (Å²) in [7, 11) is 0. The van der Waals surface area contributed by atoms with Gasteiger partial charge in [0.25, 0.3) is 0 Å². The molecule has 1 aliphatic rings. The van der Waals surface area contributed by atoms with Crippen molar-refractivity contribution in [2.24, 2.45) is 0 Å². The van der Waals surface area contributed by atoms with Crippen LogP contribution in [0, 0.1) is 11.3 Å². The van der Waals surface area contributed by atoms with Crippen molar-refractivity contribution in [3.8, 4) is 6.07 Å². The molecule has 1 N–H and O–H groups in total. The lowest BCUT2D eigenvalue weighted by Crippen LogP contribution is -2.48. The van der Waals surface area contributed by atoms with E-state index in [-0.39, 0.29) is 12.1 Å². The zero-order valence-corrected chi connectivity index (χ0v) is 9.67. The van der Waals surface area contributed by atoms with E-state index in [4.69, 9.17) is 10.00 Å². The molecule has 2 rings (SSSR count). The standard InChI is InChI=1S/C14H16N2O/c15-8-4-7-13-14(17-10-9-16-13)11-12-5-2-1-3-6-12/h1-7,13-14,16H,9-11H2. The molecule has 1 heterocycles. The number of hydrogen-bond acceptors (Lipinski definition) is 3. The molecule has 0 saturated carbocycles. The summed E-state index contributed by atoms with van der Waals surface area (Å²) in [6.45, 7) is 1.57. The van der Waals surface area contributed by atoms with Gasteiger partial charge in [0.05, 0.1) is 24.8 Å². The second-order valence-corrected chi connectivity index (χ2v) is 4.07. The summed E-state index contributed by atoms with van der Waals surface area (Å²) in [5, 5.41) is 11.9. The van der Waals surface area contributed by atoms with Crippen LogP contribution in [-0.4, -0.2) is 25.3 Å². The molecule has 3 nitrogen and oxygen atoms in total. The maximum absolute atomic E-state index is 8.57. The Balaban J connectivity index is 2.02. The average molecular weight is 228 g/mol. The molecule has 0 amide bonds. The van der Waals surface area contributed by atoms with E-state index >= 15 is 0 Å². The molecular formula is C14H16N2O. The lowest BCUT2D eigenvalue weighted by molar-refractivity contribution is 0.00954. The normalized spacial score (nSPS) is 24.6. The van der Waals surface area contributed by atoms with Gasteiger partial charge in [0.15, 0.2) is 0 Å². The fraction of sp³-hybridized carbons (Fsp3) is 0.357. The van der Waals surface area contributed by atoms with Crippen molar-refractivity contribution in [2.45, 2.75) is 18.6 Å². The van der Waals surface area contributed by atoms with Gasteiger partial charge in [-0.1, -0.05) is 36.4 Å². The summed E-state index contributed by atoms with van der Waals surface area (Å²) in [6.07, 6.45) is 4.38. The second kappa shape index (κ2) is 6.19. The molecule has 1 aromatic carbocycles. The van der Waals surface area contributed by atoms with Crippen LogP contribution in [0.15, 0.2) is 42.5 Å². The van der Waals surface area contributed by atoms with Gasteiger partial charge in [-0.05, 0) is 5.56 Å². The predicted molar refractivity (Wildman–Crippen MR) is 66.4 cm³/mol. The molecular weight excluding hydrogens is 212 g/mol. The second-order valence-electron chi connectivity index (χ2n) is 4.07. The van der Waals surface area contributed by atoms with Gasteiger partial charge < -0.3 is 10.1 Å². The molecule has 0 aliphatic carbocycles. The van der Waals surface area contributed by atoms with Crippen molar-refractivity contribution >= 4 is 0 Å². The predicted octanol–water partition coefficient (Wildman–Crippen LogP) is 1.67. The van der Waals surface area contributed by atoms with E-state index in [2.05, 4.69) is 17.4 Å². The summed E-state index contributed by atoms with van der Waals surface area (Å²) >= 11 is 0. The number of nitrogens with one attached hydrogen (secondary N) is 1. The van der Waals surface area contributed by atoms with E-state index < -0.39 is 0 Å². The largest absolute Gasteiger partial charge is 0.375 e. The summed E-state index contributed by atoms with van der Waals surface area (Å²) in [6, 6.07) is 12.4. The smallest absolute Gasteiger partial charge is 0.0909 e.